The second-order valence-corrected chi connectivity index (χ2v) is 5.94. The maximum absolute atomic E-state index is 11.1. The van der Waals surface area contributed by atoms with Crippen LogP contribution in [0.15, 0.2) is 0 Å². The van der Waals surface area contributed by atoms with Crippen molar-refractivity contribution in [3.05, 3.63) is 0 Å². The SMILES string of the molecule is CCC(CC)NC1CCN(S(N)(=O)=O)CC1. The van der Waals surface area contributed by atoms with Crippen molar-refractivity contribution in [3.8, 4) is 0 Å². The van der Waals surface area contributed by atoms with Gasteiger partial charge in [-0.25, -0.2) is 5.14 Å². The van der Waals surface area contributed by atoms with Gasteiger partial charge >= 0.3 is 0 Å². The van der Waals surface area contributed by atoms with Crippen LogP contribution in [0.5, 0.6) is 0 Å². The molecule has 1 saturated heterocycles. The molecule has 1 rings (SSSR count). The maximum Gasteiger partial charge on any atom is 0.276 e. The molecule has 1 aliphatic rings. The van der Waals surface area contributed by atoms with Gasteiger partial charge in [0.15, 0.2) is 0 Å². The van der Waals surface area contributed by atoms with Crippen molar-refractivity contribution in [1.29, 1.82) is 0 Å². The highest BCUT2D eigenvalue weighted by molar-refractivity contribution is 7.86. The van der Waals surface area contributed by atoms with Gasteiger partial charge in [0.2, 0.25) is 0 Å². The zero-order valence-corrected chi connectivity index (χ0v) is 11.0. The van der Waals surface area contributed by atoms with E-state index in [4.69, 9.17) is 5.14 Å². The van der Waals surface area contributed by atoms with Gasteiger partial charge in [-0.3, -0.25) is 0 Å². The zero-order chi connectivity index (χ0) is 12.2. The summed E-state index contributed by atoms with van der Waals surface area (Å²) in [4.78, 5) is 0. The monoisotopic (exact) mass is 249 g/mol. The lowest BCUT2D eigenvalue weighted by Crippen LogP contribution is -2.49. The summed E-state index contributed by atoms with van der Waals surface area (Å²) in [6.45, 7) is 5.41. The average molecular weight is 249 g/mol. The molecule has 96 valence electrons. The van der Waals surface area contributed by atoms with Gasteiger partial charge in [0.05, 0.1) is 0 Å². The fourth-order valence-corrected chi connectivity index (χ4v) is 2.85. The summed E-state index contributed by atoms with van der Waals surface area (Å²) in [7, 11) is -3.48. The molecular formula is C10H23N3O2S. The summed E-state index contributed by atoms with van der Waals surface area (Å²) in [6, 6.07) is 0.980. The van der Waals surface area contributed by atoms with Crippen molar-refractivity contribution in [2.24, 2.45) is 5.14 Å². The topological polar surface area (TPSA) is 75.4 Å². The molecule has 1 heterocycles. The third kappa shape index (κ3) is 4.01. The fraction of sp³-hybridized carbons (Fsp3) is 1.00. The van der Waals surface area contributed by atoms with Crippen LogP contribution in [0.3, 0.4) is 0 Å². The largest absolute Gasteiger partial charge is 0.311 e. The third-order valence-electron chi connectivity index (χ3n) is 3.27. The molecule has 0 aliphatic carbocycles. The van der Waals surface area contributed by atoms with Crippen LogP contribution in [0.4, 0.5) is 0 Å². The standard InChI is InChI=1S/C10H23N3O2S/c1-3-9(4-2)12-10-5-7-13(8-6-10)16(11,14)15/h9-10,12H,3-8H2,1-2H3,(H2,11,14,15). The highest BCUT2D eigenvalue weighted by Crippen LogP contribution is 2.13. The third-order valence-corrected chi connectivity index (χ3v) is 4.36. The van der Waals surface area contributed by atoms with Crippen LogP contribution in [0.1, 0.15) is 39.5 Å². The minimum absolute atomic E-state index is 0.433. The van der Waals surface area contributed by atoms with E-state index in [0.717, 1.165) is 25.7 Å². The minimum atomic E-state index is -3.48. The first-order chi connectivity index (χ1) is 7.47. The van der Waals surface area contributed by atoms with Crippen LogP contribution in [0.2, 0.25) is 0 Å². The van der Waals surface area contributed by atoms with Gasteiger partial charge in [-0.1, -0.05) is 13.8 Å². The van der Waals surface area contributed by atoms with Gasteiger partial charge in [-0.2, -0.15) is 12.7 Å². The molecule has 16 heavy (non-hydrogen) atoms. The first-order valence-corrected chi connectivity index (χ1v) is 7.51. The van der Waals surface area contributed by atoms with Crippen LogP contribution in [-0.2, 0) is 10.2 Å². The van der Waals surface area contributed by atoms with Crippen molar-refractivity contribution in [1.82, 2.24) is 9.62 Å². The molecule has 5 nitrogen and oxygen atoms in total. The molecule has 0 saturated carbocycles. The van der Waals surface area contributed by atoms with E-state index in [2.05, 4.69) is 19.2 Å². The van der Waals surface area contributed by atoms with Gasteiger partial charge in [-0.05, 0) is 25.7 Å². The molecule has 0 bridgehead atoms. The lowest BCUT2D eigenvalue weighted by atomic mass is 10.0. The molecule has 1 aliphatic heterocycles. The van der Waals surface area contributed by atoms with Gasteiger partial charge < -0.3 is 5.32 Å². The highest BCUT2D eigenvalue weighted by atomic mass is 32.2. The summed E-state index contributed by atoms with van der Waals surface area (Å²) in [5, 5.41) is 8.65. The molecule has 0 aromatic rings. The molecule has 0 aromatic heterocycles. The summed E-state index contributed by atoms with van der Waals surface area (Å²) >= 11 is 0. The predicted molar refractivity (Wildman–Crippen MR) is 65.2 cm³/mol. The van der Waals surface area contributed by atoms with Gasteiger partial charge in [0.25, 0.3) is 10.2 Å². The molecule has 0 aromatic carbocycles. The first kappa shape index (κ1) is 13.9. The quantitative estimate of drug-likeness (QED) is 0.742. The predicted octanol–water partition coefficient (Wildman–Crippen LogP) is 0.433. The van der Waals surface area contributed by atoms with Crippen molar-refractivity contribution < 1.29 is 8.42 Å². The second kappa shape index (κ2) is 5.95. The summed E-state index contributed by atoms with van der Waals surface area (Å²) in [5.41, 5.74) is 0. The van der Waals surface area contributed by atoms with E-state index in [1.54, 1.807) is 0 Å². The molecule has 1 fully saturated rings. The number of nitrogens with one attached hydrogen (secondary N) is 1. The van der Waals surface area contributed by atoms with E-state index >= 15 is 0 Å². The molecule has 6 heteroatoms. The van der Waals surface area contributed by atoms with E-state index in [1.807, 2.05) is 0 Å². The Morgan fingerprint density at radius 2 is 1.81 bits per heavy atom. The van der Waals surface area contributed by atoms with Crippen LogP contribution >= 0.6 is 0 Å². The van der Waals surface area contributed by atoms with Crippen molar-refractivity contribution >= 4 is 10.2 Å². The van der Waals surface area contributed by atoms with Gasteiger partial charge in [0, 0.05) is 25.2 Å². The number of hydrogen-bond acceptors (Lipinski definition) is 3. The van der Waals surface area contributed by atoms with Gasteiger partial charge in [-0.15, -0.1) is 0 Å². The summed E-state index contributed by atoms with van der Waals surface area (Å²) < 4.78 is 23.6. The Labute approximate surface area is 98.6 Å². The molecule has 0 unspecified atom stereocenters. The van der Waals surface area contributed by atoms with Crippen LogP contribution in [-0.4, -0.2) is 37.9 Å². The average Bonchev–Trinajstić information content (AvgIpc) is 2.25. The van der Waals surface area contributed by atoms with E-state index in [-0.39, 0.29) is 0 Å². The maximum atomic E-state index is 11.1. The lowest BCUT2D eigenvalue weighted by Gasteiger charge is -2.32. The molecular weight excluding hydrogens is 226 g/mol. The molecule has 0 amide bonds. The van der Waals surface area contributed by atoms with Crippen LogP contribution in [0, 0.1) is 0 Å². The molecule has 3 N–H and O–H groups in total. The number of piperidine rings is 1. The first-order valence-electron chi connectivity index (χ1n) is 6.01. The highest BCUT2D eigenvalue weighted by Gasteiger charge is 2.25. The number of rotatable bonds is 5. The smallest absolute Gasteiger partial charge is 0.276 e. The summed E-state index contributed by atoms with van der Waals surface area (Å²) in [5.74, 6) is 0. The molecule has 0 spiro atoms. The Kier molecular flexibility index (Phi) is 5.17. The normalized spacial score (nSPS) is 20.5. The van der Waals surface area contributed by atoms with Crippen molar-refractivity contribution in [3.63, 3.8) is 0 Å². The molecule has 0 radical (unpaired) electrons. The van der Waals surface area contributed by atoms with Crippen LogP contribution in [0.25, 0.3) is 0 Å². The minimum Gasteiger partial charge on any atom is -0.311 e. The van der Waals surface area contributed by atoms with E-state index in [1.165, 1.54) is 4.31 Å². The number of nitrogens with zero attached hydrogens (tertiary/aromatic N) is 1. The zero-order valence-electron chi connectivity index (χ0n) is 10.1. The van der Waals surface area contributed by atoms with E-state index < -0.39 is 10.2 Å². The Morgan fingerprint density at radius 3 is 2.19 bits per heavy atom. The van der Waals surface area contributed by atoms with E-state index in [0.29, 0.717) is 25.2 Å². The van der Waals surface area contributed by atoms with Crippen molar-refractivity contribution in [2.45, 2.75) is 51.6 Å². The fourth-order valence-electron chi connectivity index (χ4n) is 2.13. The van der Waals surface area contributed by atoms with E-state index in [9.17, 15) is 8.42 Å². The van der Waals surface area contributed by atoms with Gasteiger partial charge in [0.1, 0.15) is 0 Å². The lowest BCUT2D eigenvalue weighted by molar-refractivity contribution is 0.269. The number of hydrogen-bond donors (Lipinski definition) is 2. The Hall–Kier alpha value is -0.170. The molecule has 0 atom stereocenters. The Balaban J connectivity index is 2.38. The van der Waals surface area contributed by atoms with Crippen molar-refractivity contribution in [2.75, 3.05) is 13.1 Å². The Bertz CT molecular complexity index is 293. The second-order valence-electron chi connectivity index (χ2n) is 4.40. The van der Waals surface area contributed by atoms with Crippen LogP contribution < -0.4 is 10.5 Å². The Morgan fingerprint density at radius 1 is 1.31 bits per heavy atom. The summed E-state index contributed by atoms with van der Waals surface area (Å²) in [6.07, 6.45) is 3.94. The number of nitrogens with two attached hydrogens (primary N) is 1.